The molecule has 6 nitrogen and oxygen atoms in total. The summed E-state index contributed by atoms with van der Waals surface area (Å²) in [6.07, 6.45) is 0. The average molecular weight is 152 g/mol. The third-order valence-electron chi connectivity index (χ3n) is 0.499. The van der Waals surface area contributed by atoms with Crippen molar-refractivity contribution in [2.45, 2.75) is 0 Å². The molecule has 0 aromatic heterocycles. The molecule has 0 bridgehead atoms. The SMILES string of the molecule is O=NCS(=O)(=O)CN=O. The highest BCUT2D eigenvalue weighted by Gasteiger charge is 2.09. The van der Waals surface area contributed by atoms with Crippen molar-refractivity contribution in [1.29, 1.82) is 0 Å². The van der Waals surface area contributed by atoms with E-state index in [1.54, 1.807) is 0 Å². The van der Waals surface area contributed by atoms with Crippen LogP contribution in [0.5, 0.6) is 0 Å². The van der Waals surface area contributed by atoms with E-state index < -0.39 is 21.6 Å². The minimum atomic E-state index is -3.64. The first kappa shape index (κ1) is 8.15. The van der Waals surface area contributed by atoms with E-state index in [-0.39, 0.29) is 0 Å². The predicted octanol–water partition coefficient (Wildman–Crippen LogP) is -0.151. The van der Waals surface area contributed by atoms with Crippen LogP contribution in [0.1, 0.15) is 0 Å². The summed E-state index contributed by atoms with van der Waals surface area (Å²) >= 11 is 0. The first-order chi connectivity index (χ1) is 4.12. The summed E-state index contributed by atoms with van der Waals surface area (Å²) in [5.41, 5.74) is 0. The van der Waals surface area contributed by atoms with Crippen LogP contribution >= 0.6 is 0 Å². The number of sulfone groups is 1. The summed E-state index contributed by atoms with van der Waals surface area (Å²) < 4.78 is 20.5. The van der Waals surface area contributed by atoms with Crippen molar-refractivity contribution < 1.29 is 8.42 Å². The molecule has 9 heavy (non-hydrogen) atoms. The molecule has 0 aromatic rings. The molecule has 0 saturated carbocycles. The lowest BCUT2D eigenvalue weighted by Crippen LogP contribution is -2.06. The van der Waals surface area contributed by atoms with Crippen molar-refractivity contribution in [3.8, 4) is 0 Å². The van der Waals surface area contributed by atoms with Gasteiger partial charge >= 0.3 is 0 Å². The summed E-state index contributed by atoms with van der Waals surface area (Å²) in [5.74, 6) is -1.75. The van der Waals surface area contributed by atoms with Crippen molar-refractivity contribution in [3.05, 3.63) is 9.81 Å². The van der Waals surface area contributed by atoms with Gasteiger partial charge in [0.15, 0.2) is 21.6 Å². The van der Waals surface area contributed by atoms with Gasteiger partial charge < -0.3 is 0 Å². The van der Waals surface area contributed by atoms with Crippen LogP contribution < -0.4 is 0 Å². The van der Waals surface area contributed by atoms with Gasteiger partial charge in [-0.05, 0) is 0 Å². The molecule has 0 radical (unpaired) electrons. The van der Waals surface area contributed by atoms with E-state index in [0.29, 0.717) is 0 Å². The molecule has 0 unspecified atom stereocenters. The summed E-state index contributed by atoms with van der Waals surface area (Å²) in [7, 11) is -3.64. The molecular formula is C2H4N2O4S. The quantitative estimate of drug-likeness (QED) is 0.523. The molecule has 0 saturated heterocycles. The Balaban J connectivity index is 4.03. The highest BCUT2D eigenvalue weighted by Crippen LogP contribution is 1.89. The Labute approximate surface area is 51.1 Å². The van der Waals surface area contributed by atoms with Gasteiger partial charge in [-0.1, -0.05) is 10.4 Å². The number of nitrogens with zero attached hydrogens (tertiary/aromatic N) is 2. The van der Waals surface area contributed by atoms with E-state index in [1.165, 1.54) is 0 Å². The fraction of sp³-hybridized carbons (Fsp3) is 1.00. The van der Waals surface area contributed by atoms with Gasteiger partial charge in [-0.2, -0.15) is 0 Å². The van der Waals surface area contributed by atoms with Gasteiger partial charge in [-0.15, -0.1) is 9.81 Å². The van der Waals surface area contributed by atoms with Crippen LogP contribution in [0, 0.1) is 9.81 Å². The van der Waals surface area contributed by atoms with Crippen LogP contribution in [0.25, 0.3) is 0 Å². The maximum absolute atomic E-state index is 10.2. The highest BCUT2D eigenvalue weighted by molar-refractivity contribution is 7.91. The van der Waals surface area contributed by atoms with Crippen molar-refractivity contribution in [2.24, 2.45) is 10.4 Å². The lowest BCUT2D eigenvalue weighted by molar-refractivity contribution is 0.596. The molecule has 0 aliphatic carbocycles. The molecule has 0 atom stereocenters. The van der Waals surface area contributed by atoms with E-state index in [4.69, 9.17) is 0 Å². The van der Waals surface area contributed by atoms with E-state index in [1.807, 2.05) is 0 Å². The second kappa shape index (κ2) is 3.23. The normalized spacial score (nSPS) is 10.7. The summed E-state index contributed by atoms with van der Waals surface area (Å²) in [6, 6.07) is 0. The topological polar surface area (TPSA) is 93.0 Å². The monoisotopic (exact) mass is 152 g/mol. The zero-order valence-electron chi connectivity index (χ0n) is 4.35. The maximum Gasteiger partial charge on any atom is 0.197 e. The molecule has 0 amide bonds. The minimum Gasteiger partial charge on any atom is -0.225 e. The van der Waals surface area contributed by atoms with Crippen LogP contribution in [0.4, 0.5) is 0 Å². The van der Waals surface area contributed by atoms with Gasteiger partial charge in [0.05, 0.1) is 0 Å². The smallest absolute Gasteiger partial charge is 0.197 e. The van der Waals surface area contributed by atoms with Crippen LogP contribution in [-0.4, -0.2) is 20.2 Å². The van der Waals surface area contributed by atoms with Crippen molar-refractivity contribution in [3.63, 3.8) is 0 Å². The third kappa shape index (κ3) is 3.71. The first-order valence-corrected chi connectivity index (χ1v) is 3.73. The fourth-order valence-corrected chi connectivity index (χ4v) is 0.604. The van der Waals surface area contributed by atoms with Gasteiger partial charge in [0.1, 0.15) is 0 Å². The predicted molar refractivity (Wildman–Crippen MR) is 30.2 cm³/mol. The number of hydrogen-bond donors (Lipinski definition) is 0. The Morgan fingerprint density at radius 1 is 1.00 bits per heavy atom. The van der Waals surface area contributed by atoms with Crippen molar-refractivity contribution >= 4 is 9.84 Å². The molecule has 0 aliphatic rings. The lowest BCUT2D eigenvalue weighted by Gasteiger charge is -1.86. The Morgan fingerprint density at radius 3 is 1.56 bits per heavy atom. The largest absolute Gasteiger partial charge is 0.225 e. The van der Waals surface area contributed by atoms with Gasteiger partial charge in [0.2, 0.25) is 0 Å². The van der Waals surface area contributed by atoms with E-state index in [0.717, 1.165) is 0 Å². The summed E-state index contributed by atoms with van der Waals surface area (Å²) in [4.78, 5) is 18.6. The number of nitroso groups, excluding NO2 is 2. The van der Waals surface area contributed by atoms with Crippen molar-refractivity contribution in [1.82, 2.24) is 0 Å². The average Bonchev–Trinajstić information content (AvgIpc) is 1.64. The molecule has 52 valence electrons. The van der Waals surface area contributed by atoms with Crippen LogP contribution in [0.3, 0.4) is 0 Å². The molecule has 0 aliphatic heterocycles. The number of rotatable bonds is 4. The standard InChI is InChI=1S/C2H4N2O4S/c5-3-1-9(7,8)2-4-6/h1-2H2. The van der Waals surface area contributed by atoms with E-state index >= 15 is 0 Å². The van der Waals surface area contributed by atoms with E-state index in [9.17, 15) is 18.2 Å². The molecule has 0 N–H and O–H groups in total. The summed E-state index contributed by atoms with van der Waals surface area (Å²) in [6.45, 7) is 0. The molecule has 7 heteroatoms. The van der Waals surface area contributed by atoms with Gasteiger partial charge in [-0.3, -0.25) is 0 Å². The van der Waals surface area contributed by atoms with Crippen LogP contribution in [-0.2, 0) is 9.84 Å². The summed E-state index contributed by atoms with van der Waals surface area (Å²) in [5, 5.41) is 4.18. The molecular weight excluding hydrogens is 148 g/mol. The molecule has 0 rings (SSSR count). The Morgan fingerprint density at radius 2 is 1.33 bits per heavy atom. The third-order valence-corrected chi connectivity index (χ3v) is 1.50. The molecule has 0 spiro atoms. The van der Waals surface area contributed by atoms with Gasteiger partial charge in [-0.25, -0.2) is 8.42 Å². The first-order valence-electron chi connectivity index (χ1n) is 1.91. The van der Waals surface area contributed by atoms with E-state index in [2.05, 4.69) is 10.4 Å². The Bertz CT molecular complexity index is 179. The minimum absolute atomic E-state index is 0.876. The van der Waals surface area contributed by atoms with Crippen LogP contribution in [0.15, 0.2) is 10.4 Å². The zero-order valence-corrected chi connectivity index (χ0v) is 5.17. The molecule has 0 heterocycles. The Hall–Kier alpha value is -0.850. The highest BCUT2D eigenvalue weighted by atomic mass is 32.2. The number of hydrogen-bond acceptors (Lipinski definition) is 6. The molecule has 0 fully saturated rings. The lowest BCUT2D eigenvalue weighted by atomic mass is 11.5. The van der Waals surface area contributed by atoms with Gasteiger partial charge in [0.25, 0.3) is 0 Å². The maximum atomic E-state index is 10.2. The second-order valence-electron chi connectivity index (χ2n) is 1.26. The van der Waals surface area contributed by atoms with Gasteiger partial charge in [0, 0.05) is 0 Å². The molecule has 0 aromatic carbocycles. The second-order valence-corrected chi connectivity index (χ2v) is 3.26. The fourth-order valence-electron chi connectivity index (χ4n) is 0.201. The van der Waals surface area contributed by atoms with Crippen LogP contribution in [0.2, 0.25) is 0 Å². The van der Waals surface area contributed by atoms with Crippen molar-refractivity contribution in [2.75, 3.05) is 11.8 Å². The Kier molecular flexibility index (Phi) is 2.93. The zero-order chi connectivity index (χ0) is 7.33.